The summed E-state index contributed by atoms with van der Waals surface area (Å²) in [5, 5.41) is 24.6. The van der Waals surface area contributed by atoms with Gasteiger partial charge < -0.3 is 5.11 Å². The third kappa shape index (κ3) is 4.96. The fourth-order valence-corrected chi connectivity index (χ4v) is 6.40. The van der Waals surface area contributed by atoms with Crippen LogP contribution in [0.5, 0.6) is 0 Å². The molecule has 1 saturated heterocycles. The molecule has 192 valence electrons. The molecular formula is C27H28Cl2N6O2. The van der Waals surface area contributed by atoms with E-state index in [1.807, 2.05) is 13.0 Å². The molecule has 0 radical (unpaired) electrons. The number of allylic oxidation sites excluding steroid dienone is 1. The molecule has 1 aliphatic carbocycles. The van der Waals surface area contributed by atoms with Gasteiger partial charge in [-0.15, -0.1) is 0 Å². The number of fused-ring (bicyclic) bond motifs is 1. The predicted octanol–water partition coefficient (Wildman–Crippen LogP) is 5.74. The molecule has 1 aromatic carbocycles. The second-order valence-electron chi connectivity index (χ2n) is 10.0. The van der Waals surface area contributed by atoms with E-state index in [9.17, 15) is 15.2 Å². The first-order chi connectivity index (χ1) is 17.8. The number of hydrogen-bond donors (Lipinski definition) is 1. The minimum absolute atomic E-state index is 0.107. The highest BCUT2D eigenvalue weighted by Gasteiger charge is 2.36. The van der Waals surface area contributed by atoms with Gasteiger partial charge in [0.05, 0.1) is 24.4 Å². The standard InChI is InChI=1S/C27H28Cl2N6O2/c1-15-10-17(5-8-24(15)34-9-3-4-19(34)12-25(36)37)23-14-31-26-22(13-30)33-35(27(26)32-23)16(2)20-7-6-18(28)11-21(20)29/h5-7,11,14-16,19,24H,3-4,8-10,12H2,1-2H3,(H,36,37)/t15?,16?,19-,24?/m0/s1. The van der Waals surface area contributed by atoms with Crippen LogP contribution in [0.1, 0.15) is 68.9 Å². The van der Waals surface area contributed by atoms with E-state index in [4.69, 9.17) is 28.2 Å². The lowest BCUT2D eigenvalue weighted by atomic mass is 9.83. The lowest BCUT2D eigenvalue weighted by Gasteiger charge is -2.38. The minimum atomic E-state index is -0.734. The number of likely N-dealkylation sites (tertiary alicyclic amines) is 1. The van der Waals surface area contributed by atoms with Gasteiger partial charge in [-0.3, -0.25) is 9.69 Å². The number of halogens is 2. The number of benzene rings is 1. The average Bonchev–Trinajstić information content (AvgIpc) is 3.47. The maximum absolute atomic E-state index is 11.3. The van der Waals surface area contributed by atoms with Crippen molar-refractivity contribution < 1.29 is 9.90 Å². The van der Waals surface area contributed by atoms with Gasteiger partial charge in [-0.25, -0.2) is 14.6 Å². The Kier molecular flexibility index (Phi) is 7.21. The quantitative estimate of drug-likeness (QED) is 0.426. The summed E-state index contributed by atoms with van der Waals surface area (Å²) in [5.74, 6) is -0.388. The third-order valence-corrected chi connectivity index (χ3v) is 8.24. The summed E-state index contributed by atoms with van der Waals surface area (Å²) in [6.07, 6.45) is 7.77. The lowest BCUT2D eigenvalue weighted by molar-refractivity contribution is -0.138. The molecule has 0 saturated carbocycles. The zero-order valence-electron chi connectivity index (χ0n) is 20.7. The highest BCUT2D eigenvalue weighted by atomic mass is 35.5. The molecule has 5 rings (SSSR count). The van der Waals surface area contributed by atoms with Gasteiger partial charge in [0.15, 0.2) is 11.3 Å². The molecule has 2 aliphatic rings. The van der Waals surface area contributed by atoms with Crippen LogP contribution in [-0.4, -0.2) is 54.4 Å². The lowest BCUT2D eigenvalue weighted by Crippen LogP contribution is -2.44. The third-order valence-electron chi connectivity index (χ3n) is 7.68. The van der Waals surface area contributed by atoms with Crippen LogP contribution < -0.4 is 0 Å². The smallest absolute Gasteiger partial charge is 0.304 e. The topological polar surface area (TPSA) is 108 Å². The van der Waals surface area contributed by atoms with E-state index in [0.29, 0.717) is 33.2 Å². The molecule has 3 aromatic rings. The molecule has 4 atom stereocenters. The number of carbonyl (C=O) groups is 1. The van der Waals surface area contributed by atoms with Crippen LogP contribution in [0.2, 0.25) is 10.0 Å². The Morgan fingerprint density at radius 2 is 2.16 bits per heavy atom. The summed E-state index contributed by atoms with van der Waals surface area (Å²) in [7, 11) is 0. The molecule has 8 nitrogen and oxygen atoms in total. The Labute approximate surface area is 225 Å². The van der Waals surface area contributed by atoms with Gasteiger partial charge in [0.1, 0.15) is 11.6 Å². The fourth-order valence-electron chi connectivity index (χ4n) is 5.83. The maximum atomic E-state index is 11.3. The van der Waals surface area contributed by atoms with Crippen LogP contribution in [0.3, 0.4) is 0 Å². The summed E-state index contributed by atoms with van der Waals surface area (Å²) in [4.78, 5) is 23.3. The molecule has 3 unspecified atom stereocenters. The second-order valence-corrected chi connectivity index (χ2v) is 10.9. The maximum Gasteiger partial charge on any atom is 0.304 e. The largest absolute Gasteiger partial charge is 0.481 e. The Hall–Kier alpha value is -2.99. The van der Waals surface area contributed by atoms with E-state index < -0.39 is 5.97 Å². The molecule has 1 aliphatic heterocycles. The number of hydrogen-bond acceptors (Lipinski definition) is 6. The first-order valence-corrected chi connectivity index (χ1v) is 13.3. The van der Waals surface area contributed by atoms with Crippen molar-refractivity contribution in [2.45, 2.75) is 64.1 Å². The van der Waals surface area contributed by atoms with Crippen LogP contribution in [0.25, 0.3) is 16.7 Å². The zero-order chi connectivity index (χ0) is 26.3. The minimum Gasteiger partial charge on any atom is -0.481 e. The first kappa shape index (κ1) is 25.7. The Morgan fingerprint density at radius 3 is 2.86 bits per heavy atom. The van der Waals surface area contributed by atoms with E-state index in [0.717, 1.165) is 49.1 Å². The van der Waals surface area contributed by atoms with Crippen LogP contribution in [0, 0.1) is 17.2 Å². The first-order valence-electron chi connectivity index (χ1n) is 12.5. The number of carboxylic acid groups (broad SMARTS) is 1. The van der Waals surface area contributed by atoms with Gasteiger partial charge in [-0.1, -0.05) is 42.3 Å². The van der Waals surface area contributed by atoms with Crippen LogP contribution in [0.15, 0.2) is 30.5 Å². The van der Waals surface area contributed by atoms with Gasteiger partial charge in [-0.2, -0.15) is 10.4 Å². The number of aromatic nitrogens is 4. The monoisotopic (exact) mass is 538 g/mol. The Balaban J connectivity index is 1.46. The van der Waals surface area contributed by atoms with Crippen molar-refractivity contribution in [3.05, 3.63) is 57.5 Å². The highest BCUT2D eigenvalue weighted by Crippen LogP contribution is 2.37. The van der Waals surface area contributed by atoms with Gasteiger partial charge in [0, 0.05) is 22.1 Å². The van der Waals surface area contributed by atoms with Gasteiger partial charge in [0.2, 0.25) is 0 Å². The molecule has 1 N–H and O–H groups in total. The summed E-state index contributed by atoms with van der Waals surface area (Å²) in [6, 6.07) is 7.59. The molecule has 0 spiro atoms. The highest BCUT2D eigenvalue weighted by molar-refractivity contribution is 6.35. The molecule has 37 heavy (non-hydrogen) atoms. The second kappa shape index (κ2) is 10.4. The van der Waals surface area contributed by atoms with E-state index in [1.54, 1.807) is 23.0 Å². The van der Waals surface area contributed by atoms with Crippen molar-refractivity contribution in [2.24, 2.45) is 5.92 Å². The van der Waals surface area contributed by atoms with Gasteiger partial charge >= 0.3 is 5.97 Å². The average molecular weight is 539 g/mol. The van der Waals surface area contributed by atoms with Gasteiger partial charge in [-0.05, 0) is 68.3 Å². The molecule has 0 bridgehead atoms. The summed E-state index contributed by atoms with van der Waals surface area (Å²) < 4.78 is 1.70. The number of nitrogens with zero attached hydrogens (tertiary/aromatic N) is 6. The summed E-state index contributed by atoms with van der Waals surface area (Å²) in [6.45, 7) is 5.12. The van der Waals surface area contributed by atoms with Crippen LogP contribution in [0.4, 0.5) is 0 Å². The van der Waals surface area contributed by atoms with Crippen molar-refractivity contribution in [3.63, 3.8) is 0 Å². The Morgan fingerprint density at radius 1 is 1.35 bits per heavy atom. The molecule has 3 heterocycles. The Bertz CT molecular complexity index is 1430. The van der Waals surface area contributed by atoms with Crippen molar-refractivity contribution in [2.75, 3.05) is 6.54 Å². The number of nitriles is 1. The zero-order valence-corrected chi connectivity index (χ0v) is 22.2. The van der Waals surface area contributed by atoms with E-state index >= 15 is 0 Å². The number of carboxylic acids is 1. The van der Waals surface area contributed by atoms with Crippen LogP contribution in [-0.2, 0) is 4.79 Å². The molecule has 0 amide bonds. The predicted molar refractivity (Wildman–Crippen MR) is 142 cm³/mol. The van der Waals surface area contributed by atoms with E-state index in [2.05, 4.69) is 34.1 Å². The molecule has 1 fully saturated rings. The van der Waals surface area contributed by atoms with Gasteiger partial charge in [0.25, 0.3) is 0 Å². The fraction of sp³-hybridized carbons (Fsp3) is 0.444. The number of rotatable bonds is 6. The number of aliphatic carboxylic acids is 1. The summed E-state index contributed by atoms with van der Waals surface area (Å²) >= 11 is 12.6. The normalized spacial score (nSPS) is 23.1. The van der Waals surface area contributed by atoms with E-state index in [1.165, 1.54) is 0 Å². The summed E-state index contributed by atoms with van der Waals surface area (Å²) in [5.41, 5.74) is 3.90. The van der Waals surface area contributed by atoms with Crippen molar-refractivity contribution in [1.29, 1.82) is 5.26 Å². The van der Waals surface area contributed by atoms with Crippen molar-refractivity contribution >= 4 is 45.9 Å². The molecule has 2 aromatic heterocycles. The molecular weight excluding hydrogens is 511 g/mol. The SMILES string of the molecule is CC1CC(c2cnc3c(C#N)nn(C(C)c4ccc(Cl)cc4Cl)c3n2)=CCC1N1CCC[C@H]1CC(=O)O. The molecule has 10 heteroatoms. The van der Waals surface area contributed by atoms with Crippen molar-refractivity contribution in [3.8, 4) is 6.07 Å². The van der Waals surface area contributed by atoms with Crippen LogP contribution >= 0.6 is 23.2 Å². The van der Waals surface area contributed by atoms with E-state index in [-0.39, 0.29) is 24.2 Å². The van der Waals surface area contributed by atoms with Crippen molar-refractivity contribution in [1.82, 2.24) is 24.6 Å².